The monoisotopic (exact) mass is 301 g/mol. The largest absolute Gasteiger partial charge is 0.367 e. The molecule has 0 aliphatic carbocycles. The van der Waals surface area contributed by atoms with E-state index in [2.05, 4.69) is 53.2 Å². The molecule has 5 heteroatoms. The summed E-state index contributed by atoms with van der Waals surface area (Å²) in [6, 6.07) is 10.4. The first-order valence-corrected chi connectivity index (χ1v) is 7.84. The fourth-order valence-electron chi connectivity index (χ4n) is 2.80. The average Bonchev–Trinajstić information content (AvgIpc) is 2.93. The standard InChI is InChI=1S/C17H23N3O2/c1-12(2)15-9-20(11-17-18-13(3)19-22-17)10-16(21-15)14-7-5-4-6-8-14/h4-8,12,15-16H,9-11H2,1-3H3/t15-,16+/m1/s1. The third-order valence-electron chi connectivity index (χ3n) is 4.04. The summed E-state index contributed by atoms with van der Waals surface area (Å²) in [6.45, 7) is 8.66. The molecule has 1 aliphatic rings. The van der Waals surface area contributed by atoms with Crippen molar-refractivity contribution >= 4 is 0 Å². The number of hydrogen-bond acceptors (Lipinski definition) is 5. The van der Waals surface area contributed by atoms with Crippen LogP contribution in [0.25, 0.3) is 0 Å². The molecule has 2 aromatic rings. The van der Waals surface area contributed by atoms with E-state index in [0.717, 1.165) is 13.1 Å². The molecule has 1 aromatic carbocycles. The lowest BCUT2D eigenvalue weighted by atomic mass is 10.0. The second-order valence-corrected chi connectivity index (χ2v) is 6.25. The summed E-state index contributed by atoms with van der Waals surface area (Å²) < 4.78 is 11.6. The van der Waals surface area contributed by atoms with Crippen molar-refractivity contribution in [2.24, 2.45) is 5.92 Å². The summed E-state index contributed by atoms with van der Waals surface area (Å²) in [7, 11) is 0. The molecule has 0 spiro atoms. The van der Waals surface area contributed by atoms with Gasteiger partial charge in [0.25, 0.3) is 0 Å². The van der Waals surface area contributed by atoms with Crippen LogP contribution in [0.15, 0.2) is 34.9 Å². The van der Waals surface area contributed by atoms with Crippen molar-refractivity contribution < 1.29 is 9.26 Å². The first kappa shape index (κ1) is 15.2. The van der Waals surface area contributed by atoms with E-state index in [9.17, 15) is 0 Å². The smallest absolute Gasteiger partial charge is 0.240 e. The molecule has 1 fully saturated rings. The molecule has 1 saturated heterocycles. The summed E-state index contributed by atoms with van der Waals surface area (Å²) >= 11 is 0. The number of benzene rings is 1. The lowest BCUT2D eigenvalue weighted by Crippen LogP contribution is -2.45. The van der Waals surface area contributed by atoms with Gasteiger partial charge in [-0.1, -0.05) is 49.3 Å². The quantitative estimate of drug-likeness (QED) is 0.869. The normalized spacial score (nSPS) is 23.1. The van der Waals surface area contributed by atoms with Crippen LogP contribution in [-0.2, 0) is 11.3 Å². The Morgan fingerprint density at radius 1 is 1.23 bits per heavy atom. The second kappa shape index (κ2) is 6.58. The van der Waals surface area contributed by atoms with Crippen LogP contribution in [0, 0.1) is 12.8 Å². The Labute approximate surface area is 131 Å². The maximum Gasteiger partial charge on any atom is 0.240 e. The van der Waals surface area contributed by atoms with Crippen molar-refractivity contribution in [2.45, 2.75) is 39.5 Å². The first-order valence-electron chi connectivity index (χ1n) is 7.84. The van der Waals surface area contributed by atoms with Gasteiger partial charge in [-0.05, 0) is 18.4 Å². The number of aromatic nitrogens is 2. The molecule has 2 heterocycles. The Morgan fingerprint density at radius 2 is 2.00 bits per heavy atom. The highest BCUT2D eigenvalue weighted by molar-refractivity contribution is 5.18. The van der Waals surface area contributed by atoms with Gasteiger partial charge in [0.05, 0.1) is 18.8 Å². The van der Waals surface area contributed by atoms with Gasteiger partial charge in [-0.15, -0.1) is 0 Å². The van der Waals surface area contributed by atoms with E-state index in [1.807, 2.05) is 13.0 Å². The molecule has 2 atom stereocenters. The van der Waals surface area contributed by atoms with E-state index in [-0.39, 0.29) is 12.2 Å². The van der Waals surface area contributed by atoms with Gasteiger partial charge in [-0.2, -0.15) is 4.98 Å². The van der Waals surface area contributed by atoms with Gasteiger partial charge in [0.2, 0.25) is 5.89 Å². The Hall–Kier alpha value is -1.72. The Bertz CT molecular complexity index is 597. The van der Waals surface area contributed by atoms with Crippen LogP contribution in [0.4, 0.5) is 0 Å². The minimum absolute atomic E-state index is 0.0892. The highest BCUT2D eigenvalue weighted by Gasteiger charge is 2.31. The summed E-state index contributed by atoms with van der Waals surface area (Å²) in [6.07, 6.45) is 0.300. The van der Waals surface area contributed by atoms with E-state index in [1.54, 1.807) is 0 Å². The molecule has 0 radical (unpaired) electrons. The third-order valence-corrected chi connectivity index (χ3v) is 4.04. The van der Waals surface area contributed by atoms with Gasteiger partial charge < -0.3 is 9.26 Å². The van der Waals surface area contributed by atoms with Gasteiger partial charge in [0, 0.05) is 13.1 Å². The van der Waals surface area contributed by atoms with E-state index in [4.69, 9.17) is 9.26 Å². The van der Waals surface area contributed by atoms with Crippen LogP contribution in [0.1, 0.15) is 37.2 Å². The molecule has 0 unspecified atom stereocenters. The van der Waals surface area contributed by atoms with E-state index in [1.165, 1.54) is 5.56 Å². The molecule has 22 heavy (non-hydrogen) atoms. The van der Waals surface area contributed by atoms with Crippen LogP contribution < -0.4 is 0 Å². The van der Waals surface area contributed by atoms with Crippen molar-refractivity contribution in [2.75, 3.05) is 13.1 Å². The zero-order chi connectivity index (χ0) is 15.5. The fraction of sp³-hybridized carbons (Fsp3) is 0.529. The minimum Gasteiger partial charge on any atom is -0.367 e. The molecule has 1 aromatic heterocycles. The second-order valence-electron chi connectivity index (χ2n) is 6.25. The number of ether oxygens (including phenoxy) is 1. The predicted molar refractivity (Wildman–Crippen MR) is 83.2 cm³/mol. The summed E-state index contributed by atoms with van der Waals surface area (Å²) in [5.41, 5.74) is 1.22. The number of aryl methyl sites for hydroxylation is 1. The van der Waals surface area contributed by atoms with Crippen LogP contribution in [-0.4, -0.2) is 34.2 Å². The van der Waals surface area contributed by atoms with Crippen LogP contribution in [0.5, 0.6) is 0 Å². The highest BCUT2D eigenvalue weighted by atomic mass is 16.5. The first-order chi connectivity index (χ1) is 10.6. The van der Waals surface area contributed by atoms with Crippen LogP contribution in [0.2, 0.25) is 0 Å². The fourth-order valence-corrected chi connectivity index (χ4v) is 2.80. The maximum absolute atomic E-state index is 6.30. The van der Waals surface area contributed by atoms with E-state index < -0.39 is 0 Å². The summed E-state index contributed by atoms with van der Waals surface area (Å²) in [5, 5.41) is 3.87. The molecule has 1 aliphatic heterocycles. The van der Waals surface area contributed by atoms with Gasteiger partial charge in [0.1, 0.15) is 0 Å². The van der Waals surface area contributed by atoms with E-state index >= 15 is 0 Å². The van der Waals surface area contributed by atoms with Crippen molar-refractivity contribution in [1.29, 1.82) is 0 Å². The Morgan fingerprint density at radius 3 is 2.64 bits per heavy atom. The SMILES string of the molecule is Cc1noc(CN2C[C@@H](c3ccccc3)O[C@@H](C(C)C)C2)n1. The van der Waals surface area contributed by atoms with Gasteiger partial charge in [-0.3, -0.25) is 4.90 Å². The number of morpholine rings is 1. The van der Waals surface area contributed by atoms with Crippen molar-refractivity contribution in [3.05, 3.63) is 47.6 Å². The lowest BCUT2D eigenvalue weighted by Gasteiger charge is -2.39. The predicted octanol–water partition coefficient (Wildman–Crippen LogP) is 2.98. The van der Waals surface area contributed by atoms with Crippen molar-refractivity contribution in [3.8, 4) is 0 Å². The molecule has 0 amide bonds. The summed E-state index contributed by atoms with van der Waals surface area (Å²) in [5.74, 6) is 1.83. The summed E-state index contributed by atoms with van der Waals surface area (Å²) in [4.78, 5) is 6.66. The third kappa shape index (κ3) is 3.54. The lowest BCUT2D eigenvalue weighted by molar-refractivity contribution is -0.109. The minimum atomic E-state index is 0.0892. The Kier molecular flexibility index (Phi) is 4.55. The van der Waals surface area contributed by atoms with Crippen LogP contribution >= 0.6 is 0 Å². The molecular formula is C17H23N3O2. The van der Waals surface area contributed by atoms with Crippen LogP contribution in [0.3, 0.4) is 0 Å². The number of nitrogens with zero attached hydrogens (tertiary/aromatic N) is 3. The van der Waals surface area contributed by atoms with Gasteiger partial charge in [-0.25, -0.2) is 0 Å². The van der Waals surface area contributed by atoms with Gasteiger partial charge >= 0.3 is 0 Å². The van der Waals surface area contributed by atoms with Gasteiger partial charge in [0.15, 0.2) is 5.82 Å². The maximum atomic E-state index is 6.30. The zero-order valence-electron chi connectivity index (χ0n) is 13.4. The highest BCUT2D eigenvalue weighted by Crippen LogP contribution is 2.28. The number of rotatable bonds is 4. The van der Waals surface area contributed by atoms with Crippen molar-refractivity contribution in [3.63, 3.8) is 0 Å². The van der Waals surface area contributed by atoms with Crippen molar-refractivity contribution in [1.82, 2.24) is 15.0 Å². The molecule has 118 valence electrons. The Balaban J connectivity index is 1.75. The zero-order valence-corrected chi connectivity index (χ0v) is 13.4. The average molecular weight is 301 g/mol. The molecule has 0 N–H and O–H groups in total. The topological polar surface area (TPSA) is 51.4 Å². The molecule has 5 nitrogen and oxygen atoms in total. The number of hydrogen-bond donors (Lipinski definition) is 0. The molecular weight excluding hydrogens is 278 g/mol. The molecule has 0 saturated carbocycles. The van der Waals surface area contributed by atoms with E-state index in [0.29, 0.717) is 24.2 Å². The molecule has 3 rings (SSSR count). The molecule has 0 bridgehead atoms.